The van der Waals surface area contributed by atoms with Crippen LogP contribution in [0.5, 0.6) is 0 Å². The van der Waals surface area contributed by atoms with Crippen molar-refractivity contribution in [1.82, 2.24) is 0 Å². The predicted molar refractivity (Wildman–Crippen MR) is 52.3 cm³/mol. The van der Waals surface area contributed by atoms with Crippen LogP contribution in [0.25, 0.3) is 0 Å². The van der Waals surface area contributed by atoms with Gasteiger partial charge in [0, 0.05) is 0 Å². The number of hydrogen-bond acceptors (Lipinski definition) is 0. The van der Waals surface area contributed by atoms with Crippen LogP contribution in [0.2, 0.25) is 20.5 Å². The van der Waals surface area contributed by atoms with E-state index in [1.165, 1.54) is 15.8 Å². The van der Waals surface area contributed by atoms with Crippen molar-refractivity contribution in [2.45, 2.75) is 55.1 Å². The molecule has 0 aromatic rings. The minimum atomic E-state index is -1.29. The van der Waals surface area contributed by atoms with Gasteiger partial charge in [0.25, 0.3) is 0 Å². The molecular formula is C9H22Ge. The summed E-state index contributed by atoms with van der Waals surface area (Å²) in [5, 5.41) is 4.56. The summed E-state index contributed by atoms with van der Waals surface area (Å²) in [4.78, 5) is 0. The monoisotopic (exact) mass is 204 g/mol. The summed E-state index contributed by atoms with van der Waals surface area (Å²) in [6.07, 6.45) is 0. The van der Waals surface area contributed by atoms with E-state index in [1.807, 2.05) is 0 Å². The topological polar surface area (TPSA) is 0 Å². The first-order valence-corrected chi connectivity index (χ1v) is 10.3. The van der Waals surface area contributed by atoms with Crippen LogP contribution < -0.4 is 0 Å². The molecule has 0 nitrogen and oxygen atoms in total. The Labute approximate surface area is 68.8 Å². The first kappa shape index (κ1) is 10.5. The molecule has 0 spiro atoms. The van der Waals surface area contributed by atoms with Crippen molar-refractivity contribution in [3.05, 3.63) is 0 Å². The Bertz CT molecular complexity index is 74.5. The average Bonchev–Trinajstić information content (AvgIpc) is 1.92. The number of rotatable bonds is 4. The van der Waals surface area contributed by atoms with Gasteiger partial charge in [-0.15, -0.1) is 0 Å². The van der Waals surface area contributed by atoms with Crippen LogP contribution in [0.3, 0.4) is 0 Å². The summed E-state index contributed by atoms with van der Waals surface area (Å²) in [5.74, 6) is 0. The summed E-state index contributed by atoms with van der Waals surface area (Å²) in [5.41, 5.74) is 0. The summed E-state index contributed by atoms with van der Waals surface area (Å²) >= 11 is -1.29. The average molecular weight is 203 g/mol. The summed E-state index contributed by atoms with van der Waals surface area (Å²) < 4.78 is 1.03. The van der Waals surface area contributed by atoms with Crippen LogP contribution in [0, 0.1) is 0 Å². The van der Waals surface area contributed by atoms with Gasteiger partial charge >= 0.3 is 68.4 Å². The van der Waals surface area contributed by atoms with Gasteiger partial charge in [0.15, 0.2) is 0 Å². The van der Waals surface area contributed by atoms with E-state index >= 15 is 0 Å². The van der Waals surface area contributed by atoms with Crippen molar-refractivity contribution in [2.24, 2.45) is 0 Å². The Kier molecular flexibility index (Phi) is 4.67. The molecule has 1 heteroatoms. The van der Waals surface area contributed by atoms with E-state index in [4.69, 9.17) is 0 Å². The molecule has 0 aliphatic heterocycles. The van der Waals surface area contributed by atoms with Gasteiger partial charge in [-0.1, -0.05) is 0 Å². The Hall–Kier alpha value is 0.543. The van der Waals surface area contributed by atoms with Crippen molar-refractivity contribution < 1.29 is 0 Å². The molecular weight excluding hydrogens is 181 g/mol. The Morgan fingerprint density at radius 2 is 1.20 bits per heavy atom. The van der Waals surface area contributed by atoms with E-state index in [-0.39, 0.29) is 0 Å². The van der Waals surface area contributed by atoms with Gasteiger partial charge in [0.1, 0.15) is 0 Å². The fraction of sp³-hybridized carbons (Fsp3) is 1.00. The Morgan fingerprint density at radius 3 is 1.20 bits per heavy atom. The van der Waals surface area contributed by atoms with E-state index in [1.54, 1.807) is 0 Å². The Balaban J connectivity index is 4.15. The third-order valence-corrected chi connectivity index (χ3v) is 17.3. The van der Waals surface area contributed by atoms with Crippen LogP contribution in [0.1, 0.15) is 34.6 Å². The molecule has 0 aliphatic rings. The third-order valence-electron chi connectivity index (χ3n) is 3.34. The van der Waals surface area contributed by atoms with Crippen molar-refractivity contribution in [2.75, 3.05) is 0 Å². The molecule has 0 aromatic carbocycles. The van der Waals surface area contributed by atoms with Crippen molar-refractivity contribution in [1.29, 1.82) is 0 Å². The molecule has 0 saturated carbocycles. The van der Waals surface area contributed by atoms with Gasteiger partial charge in [-0.25, -0.2) is 0 Å². The SMILES string of the molecule is C[CH2][Ge]([CH2]C)([CH2]C)[CH](C)C. The quantitative estimate of drug-likeness (QED) is 0.607. The van der Waals surface area contributed by atoms with Gasteiger partial charge in [-0.2, -0.15) is 0 Å². The molecule has 10 heavy (non-hydrogen) atoms. The molecule has 0 N–H and O–H groups in total. The standard InChI is InChI=1S/C9H22Ge/c1-6-10(7-2,8-3)9(4)5/h9H,6-8H2,1-5H3. The Morgan fingerprint density at radius 1 is 0.900 bits per heavy atom. The van der Waals surface area contributed by atoms with Gasteiger partial charge in [-0.05, 0) is 0 Å². The van der Waals surface area contributed by atoms with E-state index in [2.05, 4.69) is 34.6 Å². The molecule has 0 radical (unpaired) electrons. The second-order valence-corrected chi connectivity index (χ2v) is 16.2. The maximum absolute atomic E-state index is 2.43. The first-order chi connectivity index (χ1) is 4.63. The molecule has 62 valence electrons. The fourth-order valence-corrected chi connectivity index (χ4v) is 10.3. The molecule has 0 bridgehead atoms. The third kappa shape index (κ3) is 2.01. The molecule has 0 rings (SSSR count). The fourth-order valence-electron chi connectivity index (χ4n) is 1.97. The summed E-state index contributed by atoms with van der Waals surface area (Å²) in [6, 6.07) is 0. The van der Waals surface area contributed by atoms with E-state index < -0.39 is 13.3 Å². The predicted octanol–water partition coefficient (Wildman–Crippen LogP) is 3.90. The molecule has 0 atom stereocenters. The molecule has 0 unspecified atom stereocenters. The van der Waals surface area contributed by atoms with Crippen LogP contribution in [0.4, 0.5) is 0 Å². The summed E-state index contributed by atoms with van der Waals surface area (Å²) in [6.45, 7) is 12.0. The van der Waals surface area contributed by atoms with Crippen LogP contribution in [-0.4, -0.2) is 13.3 Å². The van der Waals surface area contributed by atoms with Crippen molar-refractivity contribution in [3.63, 3.8) is 0 Å². The van der Waals surface area contributed by atoms with Crippen molar-refractivity contribution in [3.8, 4) is 0 Å². The first-order valence-electron chi connectivity index (χ1n) is 4.63. The van der Waals surface area contributed by atoms with Crippen LogP contribution >= 0.6 is 0 Å². The molecule has 0 aromatic heterocycles. The summed E-state index contributed by atoms with van der Waals surface area (Å²) in [7, 11) is 0. The zero-order valence-electron chi connectivity index (χ0n) is 8.20. The van der Waals surface area contributed by atoms with E-state index in [0.717, 1.165) is 4.75 Å². The molecule has 0 aliphatic carbocycles. The van der Waals surface area contributed by atoms with Crippen LogP contribution in [0.15, 0.2) is 0 Å². The zero-order chi connectivity index (χ0) is 8.20. The maximum atomic E-state index is 2.43. The molecule has 0 saturated heterocycles. The normalized spacial score (nSPS) is 12.6. The van der Waals surface area contributed by atoms with Crippen LogP contribution in [-0.2, 0) is 0 Å². The second-order valence-electron chi connectivity index (χ2n) is 3.58. The zero-order valence-corrected chi connectivity index (χ0v) is 10.3. The van der Waals surface area contributed by atoms with E-state index in [0.29, 0.717) is 0 Å². The molecule has 0 amide bonds. The van der Waals surface area contributed by atoms with Gasteiger partial charge in [0.2, 0.25) is 0 Å². The van der Waals surface area contributed by atoms with Crippen molar-refractivity contribution >= 4 is 13.3 Å². The minimum absolute atomic E-state index is 1.03. The van der Waals surface area contributed by atoms with Gasteiger partial charge in [-0.3, -0.25) is 0 Å². The van der Waals surface area contributed by atoms with E-state index in [9.17, 15) is 0 Å². The molecule has 0 fully saturated rings. The van der Waals surface area contributed by atoms with Gasteiger partial charge < -0.3 is 0 Å². The molecule has 0 heterocycles. The number of hydrogen-bond donors (Lipinski definition) is 0. The second kappa shape index (κ2) is 4.43. The van der Waals surface area contributed by atoms with Gasteiger partial charge in [0.05, 0.1) is 0 Å².